The van der Waals surface area contributed by atoms with Crippen molar-refractivity contribution >= 4 is 17.7 Å². The van der Waals surface area contributed by atoms with Gasteiger partial charge in [-0.25, -0.2) is 4.98 Å². The molecule has 1 aliphatic rings. The number of rotatable bonds is 3. The van der Waals surface area contributed by atoms with Crippen LogP contribution < -0.4 is 5.32 Å². The van der Waals surface area contributed by atoms with Crippen LogP contribution >= 0.6 is 11.8 Å². The Bertz CT molecular complexity index is 394. The Morgan fingerprint density at radius 2 is 2.47 bits per heavy atom. The number of carbonyl (C=O) groups is 1. The quantitative estimate of drug-likeness (QED) is 0.841. The van der Waals surface area contributed by atoms with Crippen molar-refractivity contribution in [2.45, 2.75) is 24.5 Å². The van der Waals surface area contributed by atoms with Gasteiger partial charge in [0.15, 0.2) is 0 Å². The molecule has 1 saturated heterocycles. The summed E-state index contributed by atoms with van der Waals surface area (Å²) in [6.45, 7) is 0.660. The maximum absolute atomic E-state index is 12.8. The maximum atomic E-state index is 12.8. The van der Waals surface area contributed by atoms with Gasteiger partial charge in [0, 0.05) is 29.6 Å². The lowest BCUT2D eigenvalue weighted by Gasteiger charge is -2.21. The molecule has 1 N–H and O–H groups in total. The first-order chi connectivity index (χ1) is 8.25. The van der Waals surface area contributed by atoms with Crippen molar-refractivity contribution in [1.82, 2.24) is 10.3 Å². The Balaban J connectivity index is 1.84. The summed E-state index contributed by atoms with van der Waals surface area (Å²) in [5.41, 5.74) is 0.332. The van der Waals surface area contributed by atoms with Crippen molar-refractivity contribution in [3.63, 3.8) is 0 Å². The van der Waals surface area contributed by atoms with Gasteiger partial charge in [0.05, 0.1) is 0 Å². The summed E-state index contributed by atoms with van der Waals surface area (Å²) in [5.74, 6) is 0.326. The predicted molar refractivity (Wildman–Crippen MR) is 66.6 cm³/mol. The van der Waals surface area contributed by atoms with Crippen LogP contribution in [0.1, 0.15) is 29.6 Å². The van der Waals surface area contributed by atoms with Gasteiger partial charge in [-0.3, -0.25) is 4.79 Å². The average molecular weight is 254 g/mol. The number of hydrogen-bond acceptors (Lipinski definition) is 3. The second-order valence-electron chi connectivity index (χ2n) is 4.07. The number of pyridine rings is 1. The first kappa shape index (κ1) is 12.4. The fraction of sp³-hybridized carbons (Fsp3) is 0.500. The minimum atomic E-state index is -0.621. The molecule has 1 amide bonds. The van der Waals surface area contributed by atoms with Gasteiger partial charge < -0.3 is 5.32 Å². The first-order valence-corrected chi connectivity index (χ1v) is 6.82. The molecule has 92 valence electrons. The Labute approximate surface area is 104 Å². The molecule has 0 aliphatic carbocycles. The van der Waals surface area contributed by atoms with Crippen LogP contribution in [0.4, 0.5) is 4.39 Å². The largest absolute Gasteiger partial charge is 0.351 e. The van der Waals surface area contributed by atoms with Crippen molar-refractivity contribution in [2.24, 2.45) is 0 Å². The number of nitrogens with one attached hydrogen (secondary N) is 1. The van der Waals surface area contributed by atoms with Gasteiger partial charge in [-0.1, -0.05) is 6.42 Å². The second kappa shape index (κ2) is 6.00. The van der Waals surface area contributed by atoms with E-state index in [-0.39, 0.29) is 5.91 Å². The molecule has 0 bridgehead atoms. The molecule has 2 rings (SSSR count). The molecule has 17 heavy (non-hydrogen) atoms. The van der Waals surface area contributed by atoms with Crippen molar-refractivity contribution in [3.8, 4) is 0 Å². The van der Waals surface area contributed by atoms with E-state index in [1.807, 2.05) is 11.8 Å². The van der Waals surface area contributed by atoms with E-state index in [1.54, 1.807) is 0 Å². The van der Waals surface area contributed by atoms with Crippen molar-refractivity contribution in [1.29, 1.82) is 0 Å². The minimum absolute atomic E-state index is 0.225. The zero-order valence-corrected chi connectivity index (χ0v) is 10.3. The van der Waals surface area contributed by atoms with Gasteiger partial charge >= 0.3 is 0 Å². The fourth-order valence-electron chi connectivity index (χ4n) is 1.82. The molecule has 3 nitrogen and oxygen atoms in total. The standard InChI is InChI=1S/C12H15FN2OS/c13-11-7-9(4-5-14-11)12(16)15-8-10-3-1-2-6-17-10/h4-5,7,10H,1-3,6,8H2,(H,15,16). The monoisotopic (exact) mass is 254 g/mol. The average Bonchev–Trinajstić information content (AvgIpc) is 2.37. The third-order valence-corrected chi connectivity index (χ3v) is 4.15. The summed E-state index contributed by atoms with van der Waals surface area (Å²) in [6.07, 6.45) is 4.96. The molecule has 0 aromatic carbocycles. The van der Waals surface area contributed by atoms with E-state index >= 15 is 0 Å². The van der Waals surface area contributed by atoms with E-state index in [1.165, 1.54) is 30.9 Å². The lowest BCUT2D eigenvalue weighted by Crippen LogP contribution is -2.31. The zero-order chi connectivity index (χ0) is 12.1. The normalized spacial score (nSPS) is 19.9. The van der Waals surface area contributed by atoms with Crippen LogP contribution in [-0.4, -0.2) is 28.4 Å². The van der Waals surface area contributed by atoms with Crippen molar-refractivity contribution in [3.05, 3.63) is 29.8 Å². The number of amides is 1. The summed E-state index contributed by atoms with van der Waals surface area (Å²) < 4.78 is 12.8. The number of carbonyl (C=O) groups excluding carboxylic acids is 1. The van der Waals surface area contributed by atoms with E-state index in [2.05, 4.69) is 10.3 Å². The SMILES string of the molecule is O=C(NCC1CCCCS1)c1ccnc(F)c1. The summed E-state index contributed by atoms with van der Waals surface area (Å²) >= 11 is 1.90. The van der Waals surface area contributed by atoms with Crippen LogP contribution in [0.3, 0.4) is 0 Å². The van der Waals surface area contributed by atoms with E-state index in [9.17, 15) is 9.18 Å². The smallest absolute Gasteiger partial charge is 0.251 e. The fourth-order valence-corrected chi connectivity index (χ4v) is 3.06. The molecule has 1 atom stereocenters. The van der Waals surface area contributed by atoms with Gasteiger partial charge in [-0.2, -0.15) is 16.2 Å². The molecule has 1 fully saturated rings. The third kappa shape index (κ3) is 3.70. The number of thioether (sulfide) groups is 1. The van der Waals surface area contributed by atoms with Gasteiger partial charge in [0.2, 0.25) is 5.95 Å². The van der Waals surface area contributed by atoms with E-state index in [0.29, 0.717) is 17.4 Å². The molecular weight excluding hydrogens is 239 g/mol. The highest BCUT2D eigenvalue weighted by Gasteiger charge is 2.15. The summed E-state index contributed by atoms with van der Waals surface area (Å²) in [6, 6.07) is 2.68. The predicted octanol–water partition coefficient (Wildman–Crippen LogP) is 2.24. The van der Waals surface area contributed by atoms with Crippen molar-refractivity contribution in [2.75, 3.05) is 12.3 Å². The molecule has 0 spiro atoms. The zero-order valence-electron chi connectivity index (χ0n) is 9.49. The minimum Gasteiger partial charge on any atom is -0.351 e. The van der Waals surface area contributed by atoms with Crippen molar-refractivity contribution < 1.29 is 9.18 Å². The Morgan fingerprint density at radius 3 is 3.18 bits per heavy atom. The van der Waals surface area contributed by atoms with E-state index in [4.69, 9.17) is 0 Å². The molecule has 5 heteroatoms. The second-order valence-corrected chi connectivity index (χ2v) is 5.47. The summed E-state index contributed by atoms with van der Waals surface area (Å²) in [5, 5.41) is 3.34. The Morgan fingerprint density at radius 1 is 1.59 bits per heavy atom. The summed E-state index contributed by atoms with van der Waals surface area (Å²) in [7, 11) is 0. The number of nitrogens with zero attached hydrogens (tertiary/aromatic N) is 1. The summed E-state index contributed by atoms with van der Waals surface area (Å²) in [4.78, 5) is 15.1. The molecule has 0 saturated carbocycles. The first-order valence-electron chi connectivity index (χ1n) is 5.77. The van der Waals surface area contributed by atoms with Gasteiger partial charge in [0.1, 0.15) is 0 Å². The number of hydrogen-bond donors (Lipinski definition) is 1. The Kier molecular flexibility index (Phi) is 4.36. The topological polar surface area (TPSA) is 42.0 Å². The van der Waals surface area contributed by atoms with E-state index in [0.717, 1.165) is 12.5 Å². The van der Waals surface area contributed by atoms with Crippen LogP contribution in [0, 0.1) is 5.95 Å². The van der Waals surface area contributed by atoms with Gasteiger partial charge in [-0.05, 0) is 24.7 Å². The maximum Gasteiger partial charge on any atom is 0.251 e. The molecular formula is C12H15FN2OS. The molecule has 1 aromatic heterocycles. The molecule has 1 aliphatic heterocycles. The highest BCUT2D eigenvalue weighted by atomic mass is 32.2. The number of aromatic nitrogens is 1. The van der Waals surface area contributed by atoms with Crippen LogP contribution in [-0.2, 0) is 0 Å². The highest BCUT2D eigenvalue weighted by molar-refractivity contribution is 7.99. The van der Waals surface area contributed by atoms with Crippen LogP contribution in [0.25, 0.3) is 0 Å². The molecule has 1 unspecified atom stereocenters. The molecule has 1 aromatic rings. The van der Waals surface area contributed by atoms with Gasteiger partial charge in [0.25, 0.3) is 5.91 Å². The van der Waals surface area contributed by atoms with Crippen LogP contribution in [0.2, 0.25) is 0 Å². The third-order valence-electron chi connectivity index (χ3n) is 2.75. The van der Waals surface area contributed by atoms with Gasteiger partial charge in [-0.15, -0.1) is 0 Å². The van der Waals surface area contributed by atoms with Crippen LogP contribution in [0.15, 0.2) is 18.3 Å². The molecule has 2 heterocycles. The Hall–Kier alpha value is -1.10. The van der Waals surface area contributed by atoms with E-state index < -0.39 is 5.95 Å². The molecule has 0 radical (unpaired) electrons. The lowest BCUT2D eigenvalue weighted by molar-refractivity contribution is 0.0952. The van der Waals surface area contributed by atoms with Crippen LogP contribution in [0.5, 0.6) is 0 Å². The highest BCUT2D eigenvalue weighted by Crippen LogP contribution is 2.24. The lowest BCUT2D eigenvalue weighted by atomic mass is 10.2. The number of halogens is 1.